The number of phosphoric acid groups is 2. The van der Waals surface area contributed by atoms with Crippen molar-refractivity contribution in [3.63, 3.8) is 0 Å². The second-order valence-corrected chi connectivity index (χ2v) is 31.0. The van der Waals surface area contributed by atoms with Crippen LogP contribution in [0.2, 0.25) is 0 Å². The molecule has 0 heterocycles. The van der Waals surface area contributed by atoms with Gasteiger partial charge in [-0.05, 0) is 63.2 Å². The molecule has 0 saturated heterocycles. The van der Waals surface area contributed by atoms with Crippen molar-refractivity contribution in [3.8, 4) is 0 Å². The maximum Gasteiger partial charge on any atom is 0.472 e. The third-order valence-corrected chi connectivity index (χ3v) is 19.8. The highest BCUT2D eigenvalue weighted by molar-refractivity contribution is 7.47. The van der Waals surface area contributed by atoms with Gasteiger partial charge in [-0.25, -0.2) is 9.13 Å². The first-order valence-corrected chi connectivity index (χ1v) is 42.8. The summed E-state index contributed by atoms with van der Waals surface area (Å²) >= 11 is 0. The summed E-state index contributed by atoms with van der Waals surface area (Å²) in [6.07, 6.45) is 60.3. The Bertz CT molecular complexity index is 1970. The number of carbonyl (C=O) groups is 4. The van der Waals surface area contributed by atoms with E-state index >= 15 is 0 Å². The molecule has 572 valence electrons. The standard InChI is InChI=1S/C78H148O17P2/c1-7-10-12-14-16-18-20-22-24-28-31-35-42-48-54-60-75(80)88-66-73(94-78(83)63-57-51-45-37-33-29-25-26-30-34-40-46-52-58-70(4)5)68-92-96(84,85)90-64-72(79)65-91-97(86,87)93-69-74(67-89-76(81)61-55-49-43-39-38-41-47-53-59-71(6)9-3)95-77(82)62-56-50-44-36-32-27-23-21-19-17-15-13-11-8-2/h18,20,22,24,70-74,79H,7-17,19,21,23,25-69H2,1-6H3,(H,84,85)(H,86,87)/b20-18-,24-22-/t71?,72-,73-,74-/m1/s1. The average molecular weight is 1420 g/mol. The normalized spacial score (nSPS) is 14.4. The van der Waals surface area contributed by atoms with Gasteiger partial charge in [-0.1, -0.05) is 329 Å². The summed E-state index contributed by atoms with van der Waals surface area (Å²) in [7, 11) is -9.93. The van der Waals surface area contributed by atoms with E-state index in [4.69, 9.17) is 37.0 Å². The van der Waals surface area contributed by atoms with Gasteiger partial charge in [0.25, 0.3) is 0 Å². The number of aliphatic hydroxyl groups is 1. The van der Waals surface area contributed by atoms with Crippen LogP contribution in [0.5, 0.6) is 0 Å². The van der Waals surface area contributed by atoms with Gasteiger partial charge in [0.05, 0.1) is 26.4 Å². The molecule has 0 aromatic heterocycles. The van der Waals surface area contributed by atoms with Gasteiger partial charge in [-0.2, -0.15) is 0 Å². The highest BCUT2D eigenvalue weighted by atomic mass is 31.2. The van der Waals surface area contributed by atoms with Crippen LogP contribution in [0.15, 0.2) is 24.3 Å². The molecule has 0 bridgehead atoms. The summed E-state index contributed by atoms with van der Waals surface area (Å²) < 4.78 is 68.6. The lowest BCUT2D eigenvalue weighted by molar-refractivity contribution is -0.161. The third-order valence-electron chi connectivity index (χ3n) is 17.9. The Hall–Kier alpha value is -2.46. The lowest BCUT2D eigenvalue weighted by atomic mass is 9.99. The molecule has 0 aromatic rings. The third kappa shape index (κ3) is 70.4. The van der Waals surface area contributed by atoms with E-state index in [0.29, 0.717) is 25.7 Å². The van der Waals surface area contributed by atoms with E-state index in [1.54, 1.807) is 0 Å². The molecule has 17 nitrogen and oxygen atoms in total. The van der Waals surface area contributed by atoms with E-state index in [0.717, 1.165) is 121 Å². The lowest BCUT2D eigenvalue weighted by Gasteiger charge is -2.21. The molecular weight excluding hydrogens is 1270 g/mol. The Labute approximate surface area is 592 Å². The maximum absolute atomic E-state index is 13.1. The van der Waals surface area contributed by atoms with Crippen molar-refractivity contribution in [2.45, 2.75) is 400 Å². The molecule has 0 aliphatic carbocycles. The fourth-order valence-corrected chi connectivity index (χ4v) is 13.0. The molecular formula is C78H148O17P2. The molecule has 0 aromatic carbocycles. The minimum atomic E-state index is -4.97. The van der Waals surface area contributed by atoms with Crippen LogP contribution in [0.1, 0.15) is 382 Å². The SMILES string of the molecule is CCCCCC/C=C\C=C/CCCCCCCC(=O)OC[C@H](COP(=O)(O)OC[C@@H](O)COP(=O)(O)OC[C@@H](COC(=O)CCCCCCCCCCC(C)CC)OC(=O)CCCCCCCCCCCCCCCC)OC(=O)CCCCCCCCCCCCCCCC(C)C. The van der Waals surface area contributed by atoms with Crippen molar-refractivity contribution in [2.75, 3.05) is 39.6 Å². The Morgan fingerprint density at radius 3 is 0.928 bits per heavy atom. The van der Waals surface area contributed by atoms with Gasteiger partial charge >= 0.3 is 39.5 Å². The van der Waals surface area contributed by atoms with Crippen LogP contribution in [0, 0.1) is 11.8 Å². The van der Waals surface area contributed by atoms with Crippen LogP contribution in [0.3, 0.4) is 0 Å². The number of carbonyl (C=O) groups excluding carboxylic acids is 4. The average Bonchev–Trinajstić information content (AvgIpc) is 3.70. The zero-order valence-electron chi connectivity index (χ0n) is 62.9. The van der Waals surface area contributed by atoms with Gasteiger partial charge < -0.3 is 33.8 Å². The van der Waals surface area contributed by atoms with E-state index in [2.05, 4.69) is 65.8 Å². The molecule has 6 atom stereocenters. The van der Waals surface area contributed by atoms with Gasteiger partial charge in [0, 0.05) is 25.7 Å². The summed E-state index contributed by atoms with van der Waals surface area (Å²) in [5.74, 6) is -0.581. The van der Waals surface area contributed by atoms with E-state index in [1.165, 1.54) is 180 Å². The van der Waals surface area contributed by atoms with E-state index in [1.807, 2.05) is 0 Å². The highest BCUT2D eigenvalue weighted by Gasteiger charge is 2.30. The van der Waals surface area contributed by atoms with Crippen LogP contribution in [0.25, 0.3) is 0 Å². The van der Waals surface area contributed by atoms with Gasteiger partial charge in [0.2, 0.25) is 0 Å². The number of aliphatic hydroxyl groups excluding tert-OH is 1. The van der Waals surface area contributed by atoms with Gasteiger partial charge in [0.15, 0.2) is 12.2 Å². The summed E-state index contributed by atoms with van der Waals surface area (Å²) in [4.78, 5) is 72.9. The molecule has 97 heavy (non-hydrogen) atoms. The smallest absolute Gasteiger partial charge is 0.462 e. The van der Waals surface area contributed by atoms with Crippen LogP contribution in [-0.2, 0) is 65.4 Å². The van der Waals surface area contributed by atoms with Crippen molar-refractivity contribution in [1.29, 1.82) is 0 Å². The molecule has 0 aliphatic heterocycles. The van der Waals surface area contributed by atoms with E-state index in [-0.39, 0.29) is 25.7 Å². The Morgan fingerprint density at radius 2 is 0.608 bits per heavy atom. The summed E-state index contributed by atoms with van der Waals surface area (Å²) in [5, 5.41) is 10.6. The molecule has 0 rings (SSSR count). The van der Waals surface area contributed by atoms with Crippen molar-refractivity contribution in [3.05, 3.63) is 24.3 Å². The van der Waals surface area contributed by atoms with Crippen molar-refractivity contribution < 1.29 is 80.2 Å². The number of phosphoric ester groups is 2. The van der Waals surface area contributed by atoms with Gasteiger partial charge in [-0.15, -0.1) is 0 Å². The molecule has 0 amide bonds. The quantitative estimate of drug-likeness (QED) is 0.0169. The zero-order chi connectivity index (χ0) is 71.4. The first-order chi connectivity index (χ1) is 46.9. The second-order valence-electron chi connectivity index (χ2n) is 28.1. The molecule has 0 radical (unpaired) electrons. The summed E-state index contributed by atoms with van der Waals surface area (Å²) in [6.45, 7) is 9.57. The second kappa shape index (κ2) is 69.3. The highest BCUT2D eigenvalue weighted by Crippen LogP contribution is 2.45. The van der Waals surface area contributed by atoms with Crippen molar-refractivity contribution in [1.82, 2.24) is 0 Å². The number of unbranched alkanes of at least 4 members (excludes halogenated alkanes) is 41. The predicted molar refractivity (Wildman–Crippen MR) is 395 cm³/mol. The molecule has 0 fully saturated rings. The number of allylic oxidation sites excluding steroid dienone is 4. The number of rotatable bonds is 75. The van der Waals surface area contributed by atoms with Crippen LogP contribution < -0.4 is 0 Å². The first kappa shape index (κ1) is 94.5. The molecule has 0 spiro atoms. The Balaban J connectivity index is 5.31. The van der Waals surface area contributed by atoms with E-state index < -0.39 is 97.5 Å². The number of ether oxygens (including phenoxy) is 4. The fourth-order valence-electron chi connectivity index (χ4n) is 11.4. The van der Waals surface area contributed by atoms with E-state index in [9.17, 15) is 43.2 Å². The maximum atomic E-state index is 13.1. The van der Waals surface area contributed by atoms with Gasteiger partial charge in [0.1, 0.15) is 19.3 Å². The fraction of sp³-hybridized carbons (Fsp3) is 0.897. The minimum absolute atomic E-state index is 0.100. The Kier molecular flexibility index (Phi) is 67.5. The number of esters is 4. The molecule has 3 N–H and O–H groups in total. The monoisotopic (exact) mass is 1420 g/mol. The summed E-state index contributed by atoms with van der Waals surface area (Å²) in [5.41, 5.74) is 0. The predicted octanol–water partition coefficient (Wildman–Crippen LogP) is 22.7. The lowest BCUT2D eigenvalue weighted by Crippen LogP contribution is -2.30. The molecule has 0 saturated carbocycles. The molecule has 0 aliphatic rings. The van der Waals surface area contributed by atoms with Gasteiger partial charge in [-0.3, -0.25) is 37.3 Å². The van der Waals surface area contributed by atoms with Crippen LogP contribution in [0.4, 0.5) is 0 Å². The minimum Gasteiger partial charge on any atom is -0.462 e. The largest absolute Gasteiger partial charge is 0.472 e. The van der Waals surface area contributed by atoms with Crippen LogP contribution >= 0.6 is 15.6 Å². The van der Waals surface area contributed by atoms with Crippen molar-refractivity contribution >= 4 is 39.5 Å². The van der Waals surface area contributed by atoms with Crippen molar-refractivity contribution in [2.24, 2.45) is 11.8 Å². The number of hydrogen-bond donors (Lipinski definition) is 3. The number of hydrogen-bond acceptors (Lipinski definition) is 15. The first-order valence-electron chi connectivity index (χ1n) is 39.8. The molecule has 19 heteroatoms. The van der Waals surface area contributed by atoms with Crippen LogP contribution in [-0.4, -0.2) is 96.7 Å². The summed E-state index contributed by atoms with van der Waals surface area (Å²) in [6, 6.07) is 0. The Morgan fingerprint density at radius 1 is 0.340 bits per heavy atom. The topological polar surface area (TPSA) is 237 Å². The zero-order valence-corrected chi connectivity index (χ0v) is 64.7. The molecule has 3 unspecified atom stereocenters.